The van der Waals surface area contributed by atoms with E-state index in [0.29, 0.717) is 6.04 Å². The lowest BCUT2D eigenvalue weighted by molar-refractivity contribution is 0.418. The van der Waals surface area contributed by atoms with Gasteiger partial charge in [0.1, 0.15) is 5.82 Å². The van der Waals surface area contributed by atoms with E-state index in [2.05, 4.69) is 87.8 Å². The Morgan fingerprint density at radius 3 is 2.72 bits per heavy atom. The number of para-hydroxylation sites is 1. The molecule has 1 atom stereocenters. The van der Waals surface area contributed by atoms with Crippen LogP contribution in [0.3, 0.4) is 0 Å². The van der Waals surface area contributed by atoms with Gasteiger partial charge in [-0.1, -0.05) is 83.9 Å². The molecule has 1 N–H and O–H groups in total. The Balaban J connectivity index is 2.09. The van der Waals surface area contributed by atoms with E-state index in [1.807, 2.05) is 0 Å². The number of nitrogens with one attached hydrogen (secondary N) is 1. The number of anilines is 2. The highest BCUT2D eigenvalue weighted by Gasteiger charge is 2.24. The van der Waals surface area contributed by atoms with Gasteiger partial charge < -0.3 is 10.2 Å². The fraction of sp³-hybridized carbons (Fsp3) is 0.552. The molecule has 1 aliphatic carbocycles. The first kappa shape index (κ1) is 24.4. The molecule has 1 aromatic carbocycles. The third-order valence-corrected chi connectivity index (χ3v) is 6.28. The molecule has 0 saturated carbocycles. The van der Waals surface area contributed by atoms with Crippen molar-refractivity contribution in [1.29, 1.82) is 0 Å². The van der Waals surface area contributed by atoms with E-state index in [1.165, 1.54) is 60.9 Å². The van der Waals surface area contributed by atoms with Gasteiger partial charge in [0.25, 0.3) is 0 Å². The minimum Gasteiger partial charge on any atom is -0.364 e. The normalized spacial score (nSPS) is 18.1. The number of fused-ring (bicyclic) bond motifs is 1. The molecule has 0 saturated heterocycles. The topological polar surface area (TPSA) is 28.2 Å². The second-order valence-electron chi connectivity index (χ2n) is 10.6. The Hall–Kier alpha value is -2.29. The Morgan fingerprint density at radius 2 is 1.97 bits per heavy atom. The van der Waals surface area contributed by atoms with Gasteiger partial charge in [-0.25, -0.2) is 4.98 Å². The van der Waals surface area contributed by atoms with Crippen LogP contribution in [0.1, 0.15) is 84.6 Å². The van der Waals surface area contributed by atoms with Gasteiger partial charge in [0, 0.05) is 29.2 Å². The summed E-state index contributed by atoms with van der Waals surface area (Å²) in [7, 11) is 0. The van der Waals surface area contributed by atoms with Gasteiger partial charge >= 0.3 is 0 Å². The van der Waals surface area contributed by atoms with Crippen molar-refractivity contribution in [3.8, 4) is 0 Å². The lowest BCUT2D eigenvalue weighted by Crippen LogP contribution is -2.33. The second kappa shape index (κ2) is 11.0. The van der Waals surface area contributed by atoms with Crippen LogP contribution in [-0.4, -0.2) is 17.6 Å². The van der Waals surface area contributed by atoms with E-state index in [4.69, 9.17) is 4.98 Å². The Bertz CT molecular complexity index is 935. The molecule has 0 fully saturated rings. The fourth-order valence-electron chi connectivity index (χ4n) is 4.57. The average Bonchev–Trinajstić information content (AvgIpc) is 2.72. The smallest absolute Gasteiger partial charge is 0.132 e. The molecule has 1 unspecified atom stereocenters. The zero-order valence-electron chi connectivity index (χ0n) is 21.0. The molecule has 3 heteroatoms. The van der Waals surface area contributed by atoms with Crippen LogP contribution < -0.4 is 10.2 Å². The molecule has 3 rings (SSSR count). The molecule has 0 spiro atoms. The van der Waals surface area contributed by atoms with E-state index in [1.54, 1.807) is 0 Å². The molecule has 0 amide bonds. The molecule has 0 bridgehead atoms. The number of pyridine rings is 1. The molecule has 0 radical (unpaired) electrons. The lowest BCUT2D eigenvalue weighted by atomic mass is 9.94. The molecule has 1 heterocycles. The minimum absolute atomic E-state index is 0.155. The number of benzene rings is 1. The van der Waals surface area contributed by atoms with Gasteiger partial charge in [-0.2, -0.15) is 0 Å². The Labute approximate surface area is 196 Å². The summed E-state index contributed by atoms with van der Waals surface area (Å²) in [5.41, 5.74) is 4.90. The molecule has 3 nitrogen and oxygen atoms in total. The quantitative estimate of drug-likeness (QED) is 0.424. The summed E-state index contributed by atoms with van der Waals surface area (Å²) in [5.74, 6) is 1.01. The van der Waals surface area contributed by atoms with Gasteiger partial charge in [-0.05, 0) is 50.5 Å². The summed E-state index contributed by atoms with van der Waals surface area (Å²) in [5, 5.41) is 5.01. The molecule has 32 heavy (non-hydrogen) atoms. The van der Waals surface area contributed by atoms with E-state index < -0.39 is 0 Å². The number of aromatic nitrogens is 1. The number of allylic oxidation sites excluding steroid dienone is 2. The van der Waals surface area contributed by atoms with Crippen LogP contribution in [-0.2, 0) is 0 Å². The molecule has 1 aromatic heterocycles. The Morgan fingerprint density at radius 1 is 1.19 bits per heavy atom. The van der Waals surface area contributed by atoms with Crippen LogP contribution in [0.15, 0.2) is 48.7 Å². The highest BCUT2D eigenvalue weighted by Crippen LogP contribution is 2.38. The maximum Gasteiger partial charge on any atom is 0.132 e. The van der Waals surface area contributed by atoms with Crippen LogP contribution in [0, 0.1) is 12.3 Å². The summed E-state index contributed by atoms with van der Waals surface area (Å²) in [6, 6.07) is 8.92. The molecule has 174 valence electrons. The van der Waals surface area contributed by atoms with Crippen LogP contribution in [0.25, 0.3) is 10.9 Å². The van der Waals surface area contributed by atoms with Gasteiger partial charge in [-0.15, -0.1) is 0 Å². The second-order valence-corrected chi connectivity index (χ2v) is 10.6. The van der Waals surface area contributed by atoms with Crippen LogP contribution in [0.5, 0.6) is 0 Å². The summed E-state index contributed by atoms with van der Waals surface area (Å²) in [4.78, 5) is 7.56. The van der Waals surface area contributed by atoms with Crippen molar-refractivity contribution in [2.24, 2.45) is 5.41 Å². The van der Waals surface area contributed by atoms with Crippen LogP contribution in [0.4, 0.5) is 11.5 Å². The largest absolute Gasteiger partial charge is 0.364 e. The number of rotatable bonds is 8. The third kappa shape index (κ3) is 6.37. The van der Waals surface area contributed by atoms with Gasteiger partial charge in [0.15, 0.2) is 0 Å². The van der Waals surface area contributed by atoms with E-state index >= 15 is 0 Å². The highest BCUT2D eigenvalue weighted by atomic mass is 15.2. The lowest BCUT2D eigenvalue weighted by Gasteiger charge is -2.36. The number of nitrogens with zero attached hydrogens (tertiary/aromatic N) is 2. The predicted octanol–water partition coefficient (Wildman–Crippen LogP) is 8.40. The standard InChI is InChI=1S/C29H43N3/c1-7-8-16-22(2)32(21-29(4,5)6)27-23(3)28(31-26-20-15-14-19-25(26)27)30-24-17-12-10-9-11-13-18-24/h12,14-15,17,19-20,24H,2,7-11,13,16,18,21H2,1,3-6H3,(H,30,31)/b17-12+. The zero-order chi connectivity index (χ0) is 23.1. The first-order valence-electron chi connectivity index (χ1n) is 12.6. The van der Waals surface area contributed by atoms with Crippen molar-refractivity contribution in [3.63, 3.8) is 0 Å². The highest BCUT2D eigenvalue weighted by molar-refractivity contribution is 5.96. The molecule has 0 aliphatic heterocycles. The first-order chi connectivity index (χ1) is 15.3. The van der Waals surface area contributed by atoms with E-state index in [0.717, 1.165) is 30.7 Å². The summed E-state index contributed by atoms with van der Waals surface area (Å²) < 4.78 is 0. The van der Waals surface area contributed by atoms with Crippen LogP contribution >= 0.6 is 0 Å². The van der Waals surface area contributed by atoms with E-state index in [9.17, 15) is 0 Å². The van der Waals surface area contributed by atoms with Gasteiger partial charge in [0.05, 0.1) is 11.2 Å². The number of hydrogen-bond acceptors (Lipinski definition) is 3. The molecule has 1 aliphatic rings. The van der Waals surface area contributed by atoms with Crippen molar-refractivity contribution >= 4 is 22.4 Å². The van der Waals surface area contributed by atoms with Crippen molar-refractivity contribution in [2.75, 3.05) is 16.8 Å². The van der Waals surface area contributed by atoms with Crippen molar-refractivity contribution in [3.05, 3.63) is 54.3 Å². The van der Waals surface area contributed by atoms with Gasteiger partial charge in [-0.3, -0.25) is 0 Å². The maximum atomic E-state index is 5.08. The van der Waals surface area contributed by atoms with Crippen LogP contribution in [0.2, 0.25) is 0 Å². The Kier molecular flexibility index (Phi) is 8.39. The van der Waals surface area contributed by atoms with Crippen molar-refractivity contribution in [2.45, 2.75) is 92.0 Å². The summed E-state index contributed by atoms with van der Waals surface area (Å²) >= 11 is 0. The number of hydrogen-bond donors (Lipinski definition) is 1. The minimum atomic E-state index is 0.155. The number of unbranched alkanes of at least 4 members (excludes halogenated alkanes) is 1. The maximum absolute atomic E-state index is 5.08. The average molecular weight is 434 g/mol. The fourth-order valence-corrected chi connectivity index (χ4v) is 4.57. The SMILES string of the molecule is C=C(CCCC)N(CC(C)(C)C)c1c(C)c(NC2/C=C/CCCCC2)nc2ccccc12. The van der Waals surface area contributed by atoms with E-state index in [-0.39, 0.29) is 5.41 Å². The zero-order valence-corrected chi connectivity index (χ0v) is 21.0. The monoisotopic (exact) mass is 433 g/mol. The molecular weight excluding hydrogens is 390 g/mol. The third-order valence-electron chi connectivity index (χ3n) is 6.28. The molecular formula is C29H43N3. The van der Waals surface area contributed by atoms with Crippen molar-refractivity contribution < 1.29 is 0 Å². The van der Waals surface area contributed by atoms with Gasteiger partial charge in [0.2, 0.25) is 0 Å². The summed E-state index contributed by atoms with van der Waals surface area (Å²) in [6.45, 7) is 16.9. The molecule has 2 aromatic rings. The predicted molar refractivity (Wildman–Crippen MR) is 142 cm³/mol. The first-order valence-corrected chi connectivity index (χ1v) is 12.6. The van der Waals surface area contributed by atoms with Crippen molar-refractivity contribution in [1.82, 2.24) is 4.98 Å². The summed E-state index contributed by atoms with van der Waals surface area (Å²) in [6.07, 6.45) is 14.3.